The fraction of sp³-hybridized carbons (Fsp3) is 0.273. The number of hydrogen-bond acceptors (Lipinski definition) is 3. The second-order valence-corrected chi connectivity index (χ2v) is 3.26. The van der Waals surface area contributed by atoms with E-state index >= 15 is 0 Å². The van der Waals surface area contributed by atoms with Crippen LogP contribution in [0, 0.1) is 5.82 Å². The number of benzene rings is 1. The smallest absolute Gasteiger partial charge is 0.247 e. The Hall–Kier alpha value is -1.71. The first-order chi connectivity index (χ1) is 7.29. The highest BCUT2D eigenvalue weighted by Crippen LogP contribution is 2.18. The molecular weight excluding hydrogens is 195 g/mol. The zero-order valence-electron chi connectivity index (χ0n) is 8.40. The summed E-state index contributed by atoms with van der Waals surface area (Å²) in [6.07, 6.45) is 1.70. The van der Waals surface area contributed by atoms with Crippen LogP contribution in [0.1, 0.15) is 19.2 Å². The third-order valence-corrected chi connectivity index (χ3v) is 2.00. The molecule has 4 heteroatoms. The van der Waals surface area contributed by atoms with E-state index in [2.05, 4.69) is 10.2 Å². The highest BCUT2D eigenvalue weighted by molar-refractivity contribution is 5.52. The second-order valence-electron chi connectivity index (χ2n) is 3.26. The molecular formula is C11H11FN2O. The van der Waals surface area contributed by atoms with Crippen molar-refractivity contribution in [2.45, 2.75) is 19.8 Å². The monoisotopic (exact) mass is 206 g/mol. The predicted molar refractivity (Wildman–Crippen MR) is 53.7 cm³/mol. The Labute approximate surface area is 87.0 Å². The van der Waals surface area contributed by atoms with Crippen LogP contribution in [0.5, 0.6) is 0 Å². The Morgan fingerprint density at radius 2 is 2.20 bits per heavy atom. The van der Waals surface area contributed by atoms with Gasteiger partial charge in [0.05, 0.1) is 0 Å². The third-order valence-electron chi connectivity index (χ3n) is 2.00. The number of nitrogens with zero attached hydrogens (tertiary/aromatic N) is 2. The van der Waals surface area contributed by atoms with Gasteiger partial charge in [0.1, 0.15) is 5.82 Å². The first-order valence-corrected chi connectivity index (χ1v) is 4.88. The maximum atomic E-state index is 12.9. The molecule has 0 unspecified atom stereocenters. The van der Waals surface area contributed by atoms with Gasteiger partial charge in [-0.15, -0.1) is 10.2 Å². The number of aryl methyl sites for hydroxylation is 1. The molecule has 15 heavy (non-hydrogen) atoms. The van der Waals surface area contributed by atoms with Crippen molar-refractivity contribution in [3.8, 4) is 11.5 Å². The van der Waals surface area contributed by atoms with Crippen molar-refractivity contribution >= 4 is 0 Å². The van der Waals surface area contributed by atoms with Gasteiger partial charge in [-0.25, -0.2) is 4.39 Å². The normalized spacial score (nSPS) is 10.5. The Balaban J connectivity index is 2.29. The second kappa shape index (κ2) is 4.21. The van der Waals surface area contributed by atoms with E-state index in [9.17, 15) is 4.39 Å². The molecule has 1 aromatic carbocycles. The quantitative estimate of drug-likeness (QED) is 0.775. The van der Waals surface area contributed by atoms with Gasteiger partial charge in [-0.3, -0.25) is 0 Å². The number of rotatable bonds is 3. The predicted octanol–water partition coefficient (Wildman–Crippen LogP) is 2.83. The summed E-state index contributed by atoms with van der Waals surface area (Å²) < 4.78 is 18.3. The maximum Gasteiger partial charge on any atom is 0.247 e. The first-order valence-electron chi connectivity index (χ1n) is 4.88. The standard InChI is InChI=1S/C11H11FN2O/c1-2-4-10-13-14-11(15-10)8-5-3-6-9(12)7-8/h3,5-7H,2,4H2,1H3. The van der Waals surface area contributed by atoms with Crippen molar-refractivity contribution in [3.05, 3.63) is 36.0 Å². The molecule has 2 rings (SSSR count). The molecule has 0 fully saturated rings. The molecule has 0 N–H and O–H groups in total. The van der Waals surface area contributed by atoms with Crippen LogP contribution < -0.4 is 0 Å². The topological polar surface area (TPSA) is 38.9 Å². The van der Waals surface area contributed by atoms with Crippen molar-refractivity contribution in [1.82, 2.24) is 10.2 Å². The summed E-state index contributed by atoms with van der Waals surface area (Å²) in [7, 11) is 0. The SMILES string of the molecule is CCCc1nnc(-c2cccc(F)c2)o1. The third kappa shape index (κ3) is 2.21. The van der Waals surface area contributed by atoms with Crippen molar-refractivity contribution < 1.29 is 8.81 Å². The van der Waals surface area contributed by atoms with Crippen LogP contribution in [0.25, 0.3) is 11.5 Å². The van der Waals surface area contributed by atoms with Crippen molar-refractivity contribution in [3.63, 3.8) is 0 Å². The number of aromatic nitrogens is 2. The summed E-state index contributed by atoms with van der Waals surface area (Å²) in [5.74, 6) is 0.664. The maximum absolute atomic E-state index is 12.9. The fourth-order valence-electron chi connectivity index (χ4n) is 1.31. The van der Waals surface area contributed by atoms with Crippen LogP contribution in [-0.4, -0.2) is 10.2 Å². The summed E-state index contributed by atoms with van der Waals surface area (Å²) >= 11 is 0. The molecule has 0 aliphatic carbocycles. The van der Waals surface area contributed by atoms with Crippen LogP contribution >= 0.6 is 0 Å². The first kappa shape index (κ1) is 9.83. The molecule has 0 bridgehead atoms. The van der Waals surface area contributed by atoms with Gasteiger partial charge in [-0.05, 0) is 24.6 Å². The zero-order valence-corrected chi connectivity index (χ0v) is 8.40. The van der Waals surface area contributed by atoms with Crippen LogP contribution in [0.15, 0.2) is 28.7 Å². The van der Waals surface area contributed by atoms with Crippen molar-refractivity contribution in [1.29, 1.82) is 0 Å². The lowest BCUT2D eigenvalue weighted by Crippen LogP contribution is -1.80. The van der Waals surface area contributed by atoms with E-state index in [0.29, 0.717) is 17.3 Å². The van der Waals surface area contributed by atoms with Gasteiger partial charge in [0.2, 0.25) is 11.8 Å². The molecule has 0 atom stereocenters. The average molecular weight is 206 g/mol. The Bertz CT molecular complexity index is 453. The highest BCUT2D eigenvalue weighted by Gasteiger charge is 2.07. The van der Waals surface area contributed by atoms with Gasteiger partial charge in [0, 0.05) is 12.0 Å². The molecule has 0 saturated carbocycles. The lowest BCUT2D eigenvalue weighted by Gasteiger charge is -1.93. The molecule has 0 aliphatic rings. The van der Waals surface area contributed by atoms with Gasteiger partial charge in [-0.2, -0.15) is 0 Å². The molecule has 2 aromatic rings. The summed E-state index contributed by atoms with van der Waals surface area (Å²) in [5.41, 5.74) is 0.616. The van der Waals surface area contributed by atoms with E-state index in [1.807, 2.05) is 6.92 Å². The fourth-order valence-corrected chi connectivity index (χ4v) is 1.31. The van der Waals surface area contributed by atoms with Crippen LogP contribution in [0.4, 0.5) is 4.39 Å². The summed E-state index contributed by atoms with van der Waals surface area (Å²) in [6, 6.07) is 6.12. The zero-order chi connectivity index (χ0) is 10.7. The highest BCUT2D eigenvalue weighted by atomic mass is 19.1. The van der Waals surface area contributed by atoms with Gasteiger partial charge >= 0.3 is 0 Å². The number of halogens is 1. The summed E-state index contributed by atoms with van der Waals surface area (Å²) in [6.45, 7) is 2.03. The van der Waals surface area contributed by atoms with E-state index < -0.39 is 0 Å². The average Bonchev–Trinajstić information content (AvgIpc) is 2.67. The minimum absolute atomic E-state index is 0.303. The molecule has 1 heterocycles. The Kier molecular flexibility index (Phi) is 2.76. The molecule has 1 aromatic heterocycles. The van der Waals surface area contributed by atoms with E-state index in [-0.39, 0.29) is 5.82 Å². The summed E-state index contributed by atoms with van der Waals surface area (Å²) in [4.78, 5) is 0. The largest absolute Gasteiger partial charge is 0.421 e. The summed E-state index contributed by atoms with van der Waals surface area (Å²) in [5, 5.41) is 7.74. The molecule has 0 aliphatic heterocycles. The molecule has 3 nitrogen and oxygen atoms in total. The van der Waals surface area contributed by atoms with E-state index in [4.69, 9.17) is 4.42 Å². The minimum Gasteiger partial charge on any atom is -0.421 e. The minimum atomic E-state index is -0.303. The van der Waals surface area contributed by atoms with Crippen LogP contribution in [0.3, 0.4) is 0 Å². The van der Waals surface area contributed by atoms with Gasteiger partial charge < -0.3 is 4.42 Å². The lowest BCUT2D eigenvalue weighted by atomic mass is 10.2. The molecule has 78 valence electrons. The van der Waals surface area contributed by atoms with E-state index in [1.54, 1.807) is 12.1 Å². The van der Waals surface area contributed by atoms with Crippen LogP contribution in [0.2, 0.25) is 0 Å². The Morgan fingerprint density at radius 1 is 1.33 bits per heavy atom. The van der Waals surface area contributed by atoms with E-state index in [1.165, 1.54) is 12.1 Å². The lowest BCUT2D eigenvalue weighted by molar-refractivity contribution is 0.501. The molecule has 0 saturated heterocycles. The Morgan fingerprint density at radius 3 is 2.93 bits per heavy atom. The van der Waals surface area contributed by atoms with Crippen molar-refractivity contribution in [2.24, 2.45) is 0 Å². The number of hydrogen-bond donors (Lipinski definition) is 0. The van der Waals surface area contributed by atoms with Gasteiger partial charge in [-0.1, -0.05) is 13.0 Å². The van der Waals surface area contributed by atoms with Gasteiger partial charge in [0.15, 0.2) is 0 Å². The van der Waals surface area contributed by atoms with Crippen LogP contribution in [-0.2, 0) is 6.42 Å². The molecule has 0 radical (unpaired) electrons. The molecule has 0 amide bonds. The van der Waals surface area contributed by atoms with Crippen molar-refractivity contribution in [2.75, 3.05) is 0 Å². The molecule has 0 spiro atoms. The van der Waals surface area contributed by atoms with E-state index in [0.717, 1.165) is 12.8 Å². The van der Waals surface area contributed by atoms with Gasteiger partial charge in [0.25, 0.3) is 0 Å².